The lowest BCUT2D eigenvalue weighted by Crippen LogP contribution is -2.22. The van der Waals surface area contributed by atoms with E-state index in [1.165, 1.54) is 28.0 Å². The first-order chi connectivity index (χ1) is 26.0. The fourth-order valence-electron chi connectivity index (χ4n) is 6.10. The Morgan fingerprint density at radius 3 is 2.11 bits per heavy atom. The molecular weight excluding hydrogens is 727 g/mol. The van der Waals surface area contributed by atoms with Gasteiger partial charge in [0.1, 0.15) is 12.6 Å². The first-order valence-corrected chi connectivity index (χ1v) is 23.9. The van der Waals surface area contributed by atoms with Crippen molar-refractivity contribution >= 4 is 65.6 Å². The molecule has 0 aliphatic carbocycles. The quantitative estimate of drug-likeness (QED) is 0.0906. The van der Waals surface area contributed by atoms with Crippen molar-refractivity contribution in [2.45, 2.75) is 79.4 Å². The van der Waals surface area contributed by atoms with Crippen LogP contribution >= 0.6 is 22.7 Å². The number of thiophene rings is 2. The van der Waals surface area contributed by atoms with E-state index >= 15 is 0 Å². The van der Waals surface area contributed by atoms with Gasteiger partial charge in [0.05, 0.1) is 11.4 Å². The number of rotatable bonds is 12. The molecule has 0 aromatic carbocycles. The highest BCUT2D eigenvalue weighted by Gasteiger charge is 2.16. The number of aryl methyl sites for hydroxylation is 5. The van der Waals surface area contributed by atoms with Gasteiger partial charge in [0.2, 0.25) is 0 Å². The lowest BCUT2D eigenvalue weighted by Gasteiger charge is -2.15. The van der Waals surface area contributed by atoms with Crippen LogP contribution < -0.4 is 0 Å². The van der Waals surface area contributed by atoms with Gasteiger partial charge in [0.25, 0.3) is 0 Å². The first-order valence-electron chi connectivity index (χ1n) is 18.3. The highest BCUT2D eigenvalue weighted by atomic mass is 32.1. The summed E-state index contributed by atoms with van der Waals surface area (Å²) in [6.45, 7) is 16.7. The molecule has 0 unspecified atom stereocenters. The normalized spacial score (nSPS) is 13.2. The summed E-state index contributed by atoms with van der Waals surface area (Å²) in [5.74, 6) is 2.39. The van der Waals surface area contributed by atoms with Gasteiger partial charge in [-0.2, -0.15) is 27.8 Å². The third kappa shape index (κ3) is 8.92. The Kier molecular flexibility index (Phi) is 11.3. The Morgan fingerprint density at radius 1 is 0.778 bits per heavy atom. The number of nitrogens with zero attached hydrogens (tertiary/aromatic N) is 9. The van der Waals surface area contributed by atoms with Gasteiger partial charge in [-0.05, 0) is 98.5 Å². The van der Waals surface area contributed by atoms with Crippen LogP contribution in [0.15, 0.2) is 75.2 Å². The van der Waals surface area contributed by atoms with Crippen LogP contribution in [0, 0.1) is 27.7 Å². The average molecular weight is 774 g/mol. The van der Waals surface area contributed by atoms with Crippen molar-refractivity contribution in [1.82, 2.24) is 38.7 Å². The number of ether oxygens (including phenoxy) is 1. The summed E-state index contributed by atoms with van der Waals surface area (Å²) in [4.78, 5) is 18.9. The Hall–Kier alpha value is -4.82. The minimum absolute atomic E-state index is 0.484. The molecule has 8 heterocycles. The number of aliphatic imine (C=N–C) groups is 1. The molecule has 10 nitrogen and oxygen atoms in total. The van der Waals surface area contributed by atoms with Crippen molar-refractivity contribution in [2.75, 3.05) is 6.61 Å². The zero-order valence-electron chi connectivity index (χ0n) is 32.1. The molecule has 13 heteroatoms. The molecule has 7 aromatic heterocycles. The van der Waals surface area contributed by atoms with E-state index < -0.39 is 8.07 Å². The summed E-state index contributed by atoms with van der Waals surface area (Å²) >= 11 is 3.43. The lowest BCUT2D eigenvalue weighted by atomic mass is 10.1. The highest BCUT2D eigenvalue weighted by molar-refractivity contribution is 7.08. The van der Waals surface area contributed by atoms with Crippen LogP contribution in [0.3, 0.4) is 0 Å². The van der Waals surface area contributed by atoms with Gasteiger partial charge in [-0.1, -0.05) is 37.8 Å². The van der Waals surface area contributed by atoms with Gasteiger partial charge in [0, 0.05) is 72.7 Å². The van der Waals surface area contributed by atoms with Gasteiger partial charge in [-0.15, -0.1) is 5.10 Å². The van der Waals surface area contributed by atoms with Crippen molar-refractivity contribution in [3.63, 3.8) is 0 Å². The number of imidazole rings is 1. The highest BCUT2D eigenvalue weighted by Crippen LogP contribution is 2.29. The SMILES string of the molecule is Cc1cscc1-c1cn(COCC[Si](C)(C)C)c(/C=C/c2nc3cccc(C)n3n2)n1.Cc1cscc1C1=CCC(CCc2nc3cccc(C)n3n2)=N1. The summed E-state index contributed by atoms with van der Waals surface area (Å²) in [5, 5.41) is 17.8. The van der Waals surface area contributed by atoms with Crippen molar-refractivity contribution in [2.24, 2.45) is 4.99 Å². The molecule has 7 aromatic rings. The summed E-state index contributed by atoms with van der Waals surface area (Å²) < 4.78 is 11.8. The molecular formula is C41H47N9OS2Si. The fraction of sp³-hybridized carbons (Fsp3) is 0.317. The molecule has 54 heavy (non-hydrogen) atoms. The second-order valence-corrected chi connectivity index (χ2v) is 22.0. The van der Waals surface area contributed by atoms with Crippen LogP contribution in [-0.4, -0.2) is 59.1 Å². The van der Waals surface area contributed by atoms with E-state index in [4.69, 9.17) is 14.7 Å². The second-order valence-electron chi connectivity index (χ2n) is 14.9. The molecule has 0 N–H and O–H groups in total. The van der Waals surface area contributed by atoms with Crippen molar-refractivity contribution < 1.29 is 4.74 Å². The standard InChI is InChI=1S/C23H29N5OSSi.C18H18N4S/c1-17-14-30-15-19(17)20-13-27(16-29-11-12-31(3,4)5)22(24-20)10-9-21-25-23-8-6-7-18(2)28(23)26-21;1-12-10-23-11-15(12)16-8-6-14(19-16)7-9-17-20-18-5-3-4-13(2)22(18)21-17/h6-10,13-15H,11-12,16H2,1-5H3;3-5,8,10-11H,6-7,9H2,1-2H3/b10-9+;. The second kappa shape index (κ2) is 16.3. The van der Waals surface area contributed by atoms with Crippen LogP contribution in [0.4, 0.5) is 0 Å². The minimum atomic E-state index is -1.12. The molecule has 0 amide bonds. The third-order valence-corrected chi connectivity index (χ3v) is 12.7. The number of aromatic nitrogens is 8. The van der Waals surface area contributed by atoms with Crippen LogP contribution in [-0.2, 0) is 17.9 Å². The molecule has 278 valence electrons. The van der Waals surface area contributed by atoms with Crippen molar-refractivity contribution in [1.29, 1.82) is 0 Å². The third-order valence-electron chi connectivity index (χ3n) is 9.28. The monoisotopic (exact) mass is 773 g/mol. The van der Waals surface area contributed by atoms with Gasteiger partial charge in [0.15, 0.2) is 22.9 Å². The predicted octanol–water partition coefficient (Wildman–Crippen LogP) is 9.98. The molecule has 1 aliphatic rings. The van der Waals surface area contributed by atoms with Gasteiger partial charge in [-0.25, -0.2) is 24.0 Å². The molecule has 0 fully saturated rings. The number of pyridine rings is 2. The van der Waals surface area contributed by atoms with Crippen LogP contribution in [0.5, 0.6) is 0 Å². The maximum absolute atomic E-state index is 6.00. The predicted molar refractivity (Wildman–Crippen MR) is 226 cm³/mol. The molecule has 0 radical (unpaired) electrons. The van der Waals surface area contributed by atoms with Gasteiger partial charge < -0.3 is 9.30 Å². The van der Waals surface area contributed by atoms with E-state index in [1.807, 2.05) is 71.4 Å². The van der Waals surface area contributed by atoms with Gasteiger partial charge in [-0.3, -0.25) is 4.99 Å². The maximum atomic E-state index is 6.00. The number of hydrogen-bond donors (Lipinski definition) is 0. The van der Waals surface area contributed by atoms with E-state index in [0.29, 0.717) is 12.6 Å². The number of hydrogen-bond acceptors (Lipinski definition) is 9. The van der Waals surface area contributed by atoms with E-state index in [1.54, 1.807) is 22.7 Å². The van der Waals surface area contributed by atoms with E-state index in [-0.39, 0.29) is 0 Å². The molecule has 0 saturated carbocycles. The summed E-state index contributed by atoms with van der Waals surface area (Å²) in [6, 6.07) is 13.2. The Labute approximate surface area is 325 Å². The van der Waals surface area contributed by atoms with Crippen LogP contribution in [0.25, 0.3) is 40.4 Å². The molecule has 0 bridgehead atoms. The zero-order valence-corrected chi connectivity index (χ0v) is 34.7. The molecule has 1 aliphatic heterocycles. The smallest absolute Gasteiger partial charge is 0.175 e. The van der Waals surface area contributed by atoms with Crippen molar-refractivity contribution in [3.05, 3.63) is 116 Å². The summed E-state index contributed by atoms with van der Waals surface area (Å²) in [7, 11) is -1.12. The average Bonchev–Trinajstić information content (AvgIpc) is 3.98. The zero-order chi connectivity index (χ0) is 37.8. The topological polar surface area (TPSA) is 99.8 Å². The van der Waals surface area contributed by atoms with Crippen LogP contribution in [0.1, 0.15) is 58.4 Å². The summed E-state index contributed by atoms with van der Waals surface area (Å²) in [6.07, 6.45) is 10.9. The first kappa shape index (κ1) is 37.5. The number of fused-ring (bicyclic) bond motifs is 2. The van der Waals surface area contributed by atoms with E-state index in [2.05, 4.69) is 92.0 Å². The summed E-state index contributed by atoms with van der Waals surface area (Å²) in [5.41, 5.74) is 12.2. The minimum Gasteiger partial charge on any atom is -0.361 e. The molecule has 0 atom stereocenters. The molecule has 8 rings (SSSR count). The molecule has 0 spiro atoms. The van der Waals surface area contributed by atoms with Gasteiger partial charge >= 0.3 is 0 Å². The largest absolute Gasteiger partial charge is 0.361 e. The Morgan fingerprint density at radius 2 is 1.46 bits per heavy atom. The lowest BCUT2D eigenvalue weighted by molar-refractivity contribution is 0.0867. The maximum Gasteiger partial charge on any atom is 0.175 e. The molecule has 0 saturated heterocycles. The van der Waals surface area contributed by atoms with E-state index in [0.717, 1.165) is 77.6 Å². The Bertz CT molecular complexity index is 2490. The number of allylic oxidation sites excluding steroid dienone is 1. The van der Waals surface area contributed by atoms with Crippen LogP contribution in [0.2, 0.25) is 25.7 Å². The fourth-order valence-corrected chi connectivity index (χ4v) is 8.54. The Balaban J connectivity index is 0.000000174. The van der Waals surface area contributed by atoms with Crippen molar-refractivity contribution in [3.8, 4) is 11.3 Å². The van der Waals surface area contributed by atoms with E-state index in [9.17, 15) is 0 Å².